The van der Waals surface area contributed by atoms with Crippen LogP contribution in [0.5, 0.6) is 5.75 Å². The van der Waals surface area contributed by atoms with Gasteiger partial charge in [0.1, 0.15) is 5.75 Å². The monoisotopic (exact) mass is 375 g/mol. The smallest absolute Gasteiger partial charge is 0.244 e. The molecule has 0 unspecified atom stereocenters. The van der Waals surface area contributed by atoms with E-state index in [-0.39, 0.29) is 5.91 Å². The molecule has 144 valence electrons. The minimum absolute atomic E-state index is 0.134. The molecule has 1 heterocycles. The van der Waals surface area contributed by atoms with Crippen molar-refractivity contribution in [1.29, 1.82) is 0 Å². The second-order valence-corrected chi connectivity index (χ2v) is 6.62. The number of hydrogen-bond acceptors (Lipinski definition) is 3. The van der Waals surface area contributed by atoms with Gasteiger partial charge < -0.3 is 10.1 Å². The van der Waals surface area contributed by atoms with Gasteiger partial charge in [0.15, 0.2) is 0 Å². The Morgan fingerprint density at radius 1 is 1.11 bits per heavy atom. The normalized spacial score (nSPS) is 11.0. The van der Waals surface area contributed by atoms with Crippen LogP contribution in [0.3, 0.4) is 0 Å². The lowest BCUT2D eigenvalue weighted by atomic mass is 10.2. The second-order valence-electron chi connectivity index (χ2n) is 6.62. The van der Waals surface area contributed by atoms with E-state index in [0.29, 0.717) is 6.54 Å². The number of nitrogens with one attached hydrogen (secondary N) is 1. The minimum Gasteiger partial charge on any atom is -0.497 e. The van der Waals surface area contributed by atoms with Crippen LogP contribution in [-0.2, 0) is 17.9 Å². The SMILES string of the molecule is COc1ccc(/C=C/C(=O)NCc2c(C)nn(Cc3ccccc3)c2C)cc1. The number of carbonyl (C=O) groups excluding carboxylic acids is 1. The van der Waals surface area contributed by atoms with Crippen LogP contribution in [0.2, 0.25) is 0 Å². The molecule has 0 saturated heterocycles. The molecule has 0 fully saturated rings. The average molecular weight is 375 g/mol. The third-order valence-corrected chi connectivity index (χ3v) is 4.69. The lowest BCUT2D eigenvalue weighted by molar-refractivity contribution is -0.116. The first kappa shape index (κ1) is 19.4. The van der Waals surface area contributed by atoms with E-state index in [9.17, 15) is 4.79 Å². The number of carbonyl (C=O) groups is 1. The van der Waals surface area contributed by atoms with Crippen molar-refractivity contribution in [2.24, 2.45) is 0 Å². The Balaban J connectivity index is 1.60. The highest BCUT2D eigenvalue weighted by Crippen LogP contribution is 2.15. The number of nitrogens with zero attached hydrogens (tertiary/aromatic N) is 2. The quantitative estimate of drug-likeness (QED) is 0.638. The van der Waals surface area contributed by atoms with Crippen molar-refractivity contribution in [3.63, 3.8) is 0 Å². The van der Waals surface area contributed by atoms with Crippen LogP contribution in [0.1, 0.15) is 28.1 Å². The average Bonchev–Trinajstić information content (AvgIpc) is 2.98. The molecular formula is C23H25N3O2. The minimum atomic E-state index is -0.134. The molecule has 0 aliphatic heterocycles. The molecule has 0 atom stereocenters. The van der Waals surface area contributed by atoms with Gasteiger partial charge in [0.25, 0.3) is 0 Å². The number of rotatable bonds is 7. The zero-order valence-electron chi connectivity index (χ0n) is 16.5. The van der Waals surface area contributed by atoms with Gasteiger partial charge in [-0.3, -0.25) is 9.48 Å². The molecule has 5 nitrogen and oxygen atoms in total. The van der Waals surface area contributed by atoms with Gasteiger partial charge >= 0.3 is 0 Å². The Labute approximate surface area is 165 Å². The van der Waals surface area contributed by atoms with Crippen molar-refractivity contribution in [2.45, 2.75) is 26.9 Å². The predicted molar refractivity (Wildman–Crippen MR) is 111 cm³/mol. The first-order chi connectivity index (χ1) is 13.6. The first-order valence-corrected chi connectivity index (χ1v) is 9.23. The van der Waals surface area contributed by atoms with Crippen LogP contribution >= 0.6 is 0 Å². The Bertz CT molecular complexity index is 958. The molecule has 28 heavy (non-hydrogen) atoms. The van der Waals surface area contributed by atoms with E-state index in [4.69, 9.17) is 4.74 Å². The van der Waals surface area contributed by atoms with Crippen molar-refractivity contribution in [2.75, 3.05) is 7.11 Å². The Hall–Kier alpha value is -3.34. The van der Waals surface area contributed by atoms with E-state index in [1.165, 1.54) is 5.56 Å². The molecule has 5 heteroatoms. The maximum absolute atomic E-state index is 12.2. The van der Waals surface area contributed by atoms with E-state index in [1.54, 1.807) is 19.3 Å². The molecule has 0 bridgehead atoms. The molecule has 0 aliphatic carbocycles. The summed E-state index contributed by atoms with van der Waals surface area (Å²) in [5, 5.41) is 7.58. The lowest BCUT2D eigenvalue weighted by Gasteiger charge is -2.06. The summed E-state index contributed by atoms with van der Waals surface area (Å²) in [7, 11) is 1.63. The van der Waals surface area contributed by atoms with Crippen molar-refractivity contribution in [3.8, 4) is 5.75 Å². The van der Waals surface area contributed by atoms with Gasteiger partial charge in [0.05, 0.1) is 19.3 Å². The highest BCUT2D eigenvalue weighted by molar-refractivity contribution is 5.91. The number of ether oxygens (including phenoxy) is 1. The van der Waals surface area contributed by atoms with Crippen LogP contribution in [0, 0.1) is 13.8 Å². The van der Waals surface area contributed by atoms with Crippen molar-refractivity contribution in [3.05, 3.63) is 88.8 Å². The van der Waals surface area contributed by atoms with Gasteiger partial charge in [-0.05, 0) is 43.2 Å². The number of amides is 1. The molecule has 0 spiro atoms. The zero-order valence-corrected chi connectivity index (χ0v) is 16.5. The second kappa shape index (κ2) is 9.04. The van der Waals surface area contributed by atoms with Gasteiger partial charge in [0.2, 0.25) is 5.91 Å². The molecule has 0 aliphatic rings. The van der Waals surface area contributed by atoms with Gasteiger partial charge in [-0.25, -0.2) is 0 Å². The molecule has 0 radical (unpaired) electrons. The summed E-state index contributed by atoms with van der Waals surface area (Å²) in [5.74, 6) is 0.658. The maximum Gasteiger partial charge on any atom is 0.244 e. The Morgan fingerprint density at radius 2 is 1.82 bits per heavy atom. The van der Waals surface area contributed by atoms with E-state index >= 15 is 0 Å². The third kappa shape index (κ3) is 4.88. The fraction of sp³-hybridized carbons (Fsp3) is 0.217. The van der Waals surface area contributed by atoms with E-state index in [0.717, 1.165) is 34.8 Å². The standard InChI is InChI=1S/C23H25N3O2/c1-17-22(18(2)26(25-17)16-20-7-5-4-6-8-20)15-24-23(27)14-11-19-9-12-21(28-3)13-10-19/h4-14H,15-16H2,1-3H3,(H,24,27)/b14-11+. The summed E-state index contributed by atoms with van der Waals surface area (Å²) >= 11 is 0. The predicted octanol–water partition coefficient (Wildman–Crippen LogP) is 3.89. The molecule has 3 aromatic rings. The van der Waals surface area contributed by atoms with E-state index in [1.807, 2.05) is 61.0 Å². The van der Waals surface area contributed by atoms with Crippen molar-refractivity contribution < 1.29 is 9.53 Å². The van der Waals surface area contributed by atoms with Crippen molar-refractivity contribution >= 4 is 12.0 Å². The summed E-state index contributed by atoms with van der Waals surface area (Å²) in [6.07, 6.45) is 3.33. The van der Waals surface area contributed by atoms with Crippen LogP contribution in [0.15, 0.2) is 60.7 Å². The third-order valence-electron chi connectivity index (χ3n) is 4.69. The Kier molecular flexibility index (Phi) is 6.27. The first-order valence-electron chi connectivity index (χ1n) is 9.23. The number of aromatic nitrogens is 2. The zero-order chi connectivity index (χ0) is 19.9. The Morgan fingerprint density at radius 3 is 2.50 bits per heavy atom. The maximum atomic E-state index is 12.2. The number of aryl methyl sites for hydroxylation is 1. The topological polar surface area (TPSA) is 56.1 Å². The summed E-state index contributed by atoms with van der Waals surface area (Å²) in [6.45, 7) is 5.19. The van der Waals surface area contributed by atoms with Crippen LogP contribution in [0.25, 0.3) is 6.08 Å². The molecule has 1 N–H and O–H groups in total. The molecule has 3 rings (SSSR count). The molecule has 1 amide bonds. The highest BCUT2D eigenvalue weighted by atomic mass is 16.5. The molecule has 2 aromatic carbocycles. The van der Waals surface area contributed by atoms with Crippen LogP contribution in [-0.4, -0.2) is 22.8 Å². The lowest BCUT2D eigenvalue weighted by Crippen LogP contribution is -2.21. The highest BCUT2D eigenvalue weighted by Gasteiger charge is 2.12. The van der Waals surface area contributed by atoms with Crippen LogP contribution < -0.4 is 10.1 Å². The van der Waals surface area contributed by atoms with Gasteiger partial charge in [-0.2, -0.15) is 5.10 Å². The molecular weight excluding hydrogens is 350 g/mol. The van der Waals surface area contributed by atoms with Crippen molar-refractivity contribution in [1.82, 2.24) is 15.1 Å². The number of hydrogen-bond donors (Lipinski definition) is 1. The van der Waals surface area contributed by atoms with E-state index in [2.05, 4.69) is 22.5 Å². The summed E-state index contributed by atoms with van der Waals surface area (Å²) in [5.41, 5.74) is 5.21. The van der Waals surface area contributed by atoms with E-state index < -0.39 is 0 Å². The summed E-state index contributed by atoms with van der Waals surface area (Å²) < 4.78 is 7.12. The van der Waals surface area contributed by atoms with Crippen LogP contribution in [0.4, 0.5) is 0 Å². The largest absolute Gasteiger partial charge is 0.497 e. The number of methoxy groups -OCH3 is 1. The van der Waals surface area contributed by atoms with Gasteiger partial charge in [0, 0.05) is 23.9 Å². The number of benzene rings is 2. The van der Waals surface area contributed by atoms with Gasteiger partial charge in [-0.15, -0.1) is 0 Å². The summed E-state index contributed by atoms with van der Waals surface area (Å²) in [6, 6.07) is 17.8. The molecule has 0 saturated carbocycles. The molecule has 1 aromatic heterocycles. The fourth-order valence-corrected chi connectivity index (χ4v) is 3.02. The summed E-state index contributed by atoms with van der Waals surface area (Å²) in [4.78, 5) is 12.2. The van der Waals surface area contributed by atoms with Gasteiger partial charge in [-0.1, -0.05) is 42.5 Å². The fourth-order valence-electron chi connectivity index (χ4n) is 3.02.